The van der Waals surface area contributed by atoms with Gasteiger partial charge >= 0.3 is 0 Å². The Labute approximate surface area is 67.4 Å². The van der Waals surface area contributed by atoms with Gasteiger partial charge in [0.05, 0.1) is 5.60 Å². The Hall–Kier alpha value is -0.190. The molecule has 0 bridgehead atoms. The molecule has 0 aromatic rings. The molecule has 0 fully saturated rings. The quantitative estimate of drug-likeness (QED) is 0.491. The molecule has 0 aliphatic carbocycles. The largest absolute Gasteiger partial charge is 0.389 e. The zero-order valence-corrected chi connectivity index (χ0v) is 6.99. The Bertz CT molecular complexity index is 124. The van der Waals surface area contributed by atoms with Crippen LogP contribution in [0.1, 0.15) is 26.2 Å². The summed E-state index contributed by atoms with van der Waals surface area (Å²) in [7, 11) is 0. The molecule has 2 heteroatoms. The summed E-state index contributed by atoms with van der Waals surface area (Å²) in [5.74, 6) is 3.01. The number of rotatable bonds is 4. The van der Waals surface area contributed by atoms with Gasteiger partial charge in [-0.1, -0.05) is 0 Å². The molecule has 0 saturated carbocycles. The molecule has 1 unspecified atom stereocenters. The van der Waals surface area contributed by atoms with Crippen molar-refractivity contribution in [3.8, 4) is 12.3 Å². The molecule has 0 rings (SSSR count). The highest BCUT2D eigenvalue weighted by molar-refractivity contribution is 6.17. The Morgan fingerprint density at radius 1 is 1.70 bits per heavy atom. The van der Waals surface area contributed by atoms with Crippen LogP contribution in [0.25, 0.3) is 0 Å². The summed E-state index contributed by atoms with van der Waals surface area (Å²) in [5, 5.41) is 9.44. The van der Waals surface area contributed by atoms with Crippen LogP contribution in [-0.2, 0) is 0 Å². The Balaban J connectivity index is 3.55. The third-order valence-corrected chi connectivity index (χ3v) is 1.60. The van der Waals surface area contributed by atoms with Crippen molar-refractivity contribution in [2.45, 2.75) is 31.8 Å². The van der Waals surface area contributed by atoms with E-state index >= 15 is 0 Å². The minimum absolute atomic E-state index is 0.407. The van der Waals surface area contributed by atoms with E-state index in [0.717, 1.165) is 6.42 Å². The number of aliphatic hydroxyl groups is 1. The lowest BCUT2D eigenvalue weighted by molar-refractivity contribution is 0.0558. The first-order valence-electron chi connectivity index (χ1n) is 3.34. The normalized spacial score (nSPS) is 15.8. The predicted molar refractivity (Wildman–Crippen MR) is 44.0 cm³/mol. The van der Waals surface area contributed by atoms with Gasteiger partial charge in [-0.25, -0.2) is 0 Å². The Kier molecular flexibility index (Phi) is 4.51. The van der Waals surface area contributed by atoms with Gasteiger partial charge in [0.15, 0.2) is 0 Å². The molecule has 1 atom stereocenters. The number of terminal acetylenes is 1. The van der Waals surface area contributed by atoms with E-state index in [2.05, 4.69) is 5.92 Å². The first kappa shape index (κ1) is 9.81. The molecule has 10 heavy (non-hydrogen) atoms. The molecule has 0 amide bonds. The lowest BCUT2D eigenvalue weighted by atomic mass is 9.97. The highest BCUT2D eigenvalue weighted by atomic mass is 35.5. The number of hydrogen-bond donors (Lipinski definition) is 1. The van der Waals surface area contributed by atoms with Crippen molar-refractivity contribution in [3.63, 3.8) is 0 Å². The summed E-state index contributed by atoms with van der Waals surface area (Å²) in [6, 6.07) is 0. The van der Waals surface area contributed by atoms with Crippen LogP contribution >= 0.6 is 11.6 Å². The van der Waals surface area contributed by atoms with Crippen molar-refractivity contribution >= 4 is 11.6 Å². The van der Waals surface area contributed by atoms with E-state index in [0.29, 0.717) is 18.7 Å². The standard InChI is InChI=1S/C8H13ClO/c1-3-5-8(2,10)6-4-7-9/h1,10H,4-7H2,2H3. The van der Waals surface area contributed by atoms with Crippen LogP contribution in [-0.4, -0.2) is 16.6 Å². The fourth-order valence-electron chi connectivity index (χ4n) is 0.756. The third-order valence-electron chi connectivity index (χ3n) is 1.33. The van der Waals surface area contributed by atoms with E-state index in [1.54, 1.807) is 6.92 Å². The zero-order chi connectivity index (χ0) is 8.04. The minimum Gasteiger partial charge on any atom is -0.389 e. The molecule has 0 aliphatic rings. The van der Waals surface area contributed by atoms with Gasteiger partial charge in [0.1, 0.15) is 0 Å². The highest BCUT2D eigenvalue weighted by Crippen LogP contribution is 2.15. The van der Waals surface area contributed by atoms with Crippen LogP contribution < -0.4 is 0 Å². The molecule has 0 radical (unpaired) electrons. The molecule has 58 valence electrons. The number of alkyl halides is 1. The summed E-state index contributed by atoms with van der Waals surface area (Å²) in [6.45, 7) is 1.74. The molecule has 0 spiro atoms. The second kappa shape index (κ2) is 4.60. The Morgan fingerprint density at radius 3 is 2.70 bits per heavy atom. The number of halogens is 1. The summed E-state index contributed by atoms with van der Waals surface area (Å²) >= 11 is 5.44. The van der Waals surface area contributed by atoms with Crippen LogP contribution in [0.5, 0.6) is 0 Å². The van der Waals surface area contributed by atoms with Gasteiger partial charge in [-0.15, -0.1) is 23.9 Å². The van der Waals surface area contributed by atoms with Crippen molar-refractivity contribution in [2.75, 3.05) is 5.88 Å². The zero-order valence-electron chi connectivity index (χ0n) is 6.23. The number of hydrogen-bond acceptors (Lipinski definition) is 1. The fourth-order valence-corrected chi connectivity index (χ4v) is 0.890. The van der Waals surface area contributed by atoms with Gasteiger partial charge in [-0.2, -0.15) is 0 Å². The second-order valence-corrected chi connectivity index (χ2v) is 3.05. The minimum atomic E-state index is -0.719. The van der Waals surface area contributed by atoms with Crippen LogP contribution in [0.3, 0.4) is 0 Å². The first-order chi connectivity index (χ1) is 4.62. The van der Waals surface area contributed by atoms with Crippen LogP contribution in [0, 0.1) is 12.3 Å². The van der Waals surface area contributed by atoms with Crippen LogP contribution in [0.15, 0.2) is 0 Å². The van der Waals surface area contributed by atoms with E-state index in [1.165, 1.54) is 0 Å². The van der Waals surface area contributed by atoms with E-state index in [1.807, 2.05) is 0 Å². The molecule has 1 N–H and O–H groups in total. The SMILES string of the molecule is C#CCC(C)(O)CCCCl. The molecule has 0 aromatic carbocycles. The van der Waals surface area contributed by atoms with Crippen molar-refractivity contribution in [1.82, 2.24) is 0 Å². The summed E-state index contributed by atoms with van der Waals surface area (Å²) < 4.78 is 0. The topological polar surface area (TPSA) is 20.2 Å². The average Bonchev–Trinajstić information content (AvgIpc) is 1.84. The van der Waals surface area contributed by atoms with E-state index < -0.39 is 5.60 Å². The van der Waals surface area contributed by atoms with Gasteiger partial charge in [-0.3, -0.25) is 0 Å². The lowest BCUT2D eigenvalue weighted by Gasteiger charge is -2.19. The van der Waals surface area contributed by atoms with Gasteiger partial charge in [0, 0.05) is 12.3 Å². The van der Waals surface area contributed by atoms with Crippen molar-refractivity contribution < 1.29 is 5.11 Å². The molecule has 0 aromatic heterocycles. The molecule has 0 heterocycles. The van der Waals surface area contributed by atoms with Gasteiger partial charge in [0.25, 0.3) is 0 Å². The van der Waals surface area contributed by atoms with Crippen LogP contribution in [0.2, 0.25) is 0 Å². The summed E-state index contributed by atoms with van der Waals surface area (Å²) in [5.41, 5.74) is -0.719. The molecule has 0 aliphatic heterocycles. The molecule has 1 nitrogen and oxygen atoms in total. The fraction of sp³-hybridized carbons (Fsp3) is 0.750. The predicted octanol–water partition coefficient (Wildman–Crippen LogP) is 1.78. The lowest BCUT2D eigenvalue weighted by Crippen LogP contribution is -2.22. The highest BCUT2D eigenvalue weighted by Gasteiger charge is 2.17. The maximum atomic E-state index is 9.44. The molecule has 0 saturated heterocycles. The van der Waals surface area contributed by atoms with Gasteiger partial charge in [0.2, 0.25) is 0 Å². The van der Waals surface area contributed by atoms with E-state index in [-0.39, 0.29) is 0 Å². The second-order valence-electron chi connectivity index (χ2n) is 2.67. The van der Waals surface area contributed by atoms with Gasteiger partial charge < -0.3 is 5.11 Å². The van der Waals surface area contributed by atoms with Crippen LogP contribution in [0.4, 0.5) is 0 Å². The third kappa shape index (κ3) is 4.67. The maximum Gasteiger partial charge on any atom is 0.0728 e. The monoisotopic (exact) mass is 160 g/mol. The van der Waals surface area contributed by atoms with E-state index in [9.17, 15) is 5.11 Å². The van der Waals surface area contributed by atoms with Gasteiger partial charge in [-0.05, 0) is 19.8 Å². The average molecular weight is 161 g/mol. The summed E-state index contributed by atoms with van der Waals surface area (Å²) in [6.07, 6.45) is 6.95. The Morgan fingerprint density at radius 2 is 2.30 bits per heavy atom. The first-order valence-corrected chi connectivity index (χ1v) is 3.87. The van der Waals surface area contributed by atoms with Crippen molar-refractivity contribution in [2.24, 2.45) is 0 Å². The summed E-state index contributed by atoms with van der Waals surface area (Å²) in [4.78, 5) is 0. The maximum absolute atomic E-state index is 9.44. The smallest absolute Gasteiger partial charge is 0.0728 e. The van der Waals surface area contributed by atoms with Crippen molar-refractivity contribution in [3.05, 3.63) is 0 Å². The van der Waals surface area contributed by atoms with Crippen molar-refractivity contribution in [1.29, 1.82) is 0 Å². The van der Waals surface area contributed by atoms with E-state index in [4.69, 9.17) is 18.0 Å². The molecular weight excluding hydrogens is 148 g/mol. The molecular formula is C8H13ClO.